The molecule has 28 heavy (non-hydrogen) atoms. The maximum Gasteiger partial charge on any atom is 0.274 e. The Hall–Kier alpha value is -3.48. The molecule has 0 spiro atoms. The number of hydrogen-bond acceptors (Lipinski definition) is 4. The zero-order valence-electron chi connectivity index (χ0n) is 16.4. The molecule has 0 aliphatic heterocycles. The Kier molecular flexibility index (Phi) is 5.54. The Morgan fingerprint density at radius 3 is 2.46 bits per heavy atom. The number of amides is 2. The highest BCUT2D eigenvalue weighted by molar-refractivity contribution is 5.93. The van der Waals surface area contributed by atoms with Crippen molar-refractivity contribution in [3.8, 4) is 5.69 Å². The zero-order chi connectivity index (χ0) is 20.3. The van der Waals surface area contributed by atoms with Crippen molar-refractivity contribution in [3.05, 3.63) is 71.0 Å². The molecule has 0 unspecified atom stereocenters. The van der Waals surface area contributed by atoms with Crippen LogP contribution in [0.15, 0.2) is 48.5 Å². The summed E-state index contributed by atoms with van der Waals surface area (Å²) in [6, 6.07) is 15.0. The highest BCUT2D eigenvalue weighted by Crippen LogP contribution is 2.19. The van der Waals surface area contributed by atoms with Crippen LogP contribution in [0.2, 0.25) is 0 Å². The molecule has 144 valence electrons. The lowest BCUT2D eigenvalue weighted by Gasteiger charge is -2.15. The summed E-state index contributed by atoms with van der Waals surface area (Å²) in [6.45, 7) is 7.17. The predicted molar refractivity (Wildman–Crippen MR) is 107 cm³/mol. The number of carbonyl (C=O) groups is 2. The van der Waals surface area contributed by atoms with Gasteiger partial charge < -0.3 is 10.6 Å². The molecule has 2 amide bonds. The topological polar surface area (TPSA) is 88.9 Å². The maximum absolute atomic E-state index is 12.7. The molecule has 2 N–H and O–H groups in total. The molecule has 0 aliphatic rings. The van der Waals surface area contributed by atoms with Gasteiger partial charge in [-0.3, -0.25) is 9.59 Å². The van der Waals surface area contributed by atoms with Crippen LogP contribution in [0.5, 0.6) is 0 Å². The second-order valence-electron chi connectivity index (χ2n) is 6.77. The van der Waals surface area contributed by atoms with Crippen LogP contribution < -0.4 is 10.6 Å². The minimum atomic E-state index is -0.298. The minimum absolute atomic E-state index is 0.141. The van der Waals surface area contributed by atoms with Crippen LogP contribution in [0.1, 0.15) is 47.2 Å². The van der Waals surface area contributed by atoms with Gasteiger partial charge in [-0.2, -0.15) is 0 Å². The van der Waals surface area contributed by atoms with Crippen molar-refractivity contribution in [2.75, 3.05) is 5.32 Å². The minimum Gasteiger partial charge on any atom is -0.344 e. The van der Waals surface area contributed by atoms with Crippen LogP contribution in [0.4, 0.5) is 5.69 Å². The summed E-state index contributed by atoms with van der Waals surface area (Å²) in [5.74, 6) is -0.439. The summed E-state index contributed by atoms with van der Waals surface area (Å²) in [6.07, 6.45) is 0. The third-order valence-corrected chi connectivity index (χ3v) is 4.44. The molecule has 0 aliphatic carbocycles. The molecule has 0 saturated heterocycles. The van der Waals surface area contributed by atoms with Gasteiger partial charge in [-0.1, -0.05) is 35.0 Å². The van der Waals surface area contributed by atoms with Crippen LogP contribution >= 0.6 is 0 Å². The zero-order valence-corrected chi connectivity index (χ0v) is 16.4. The van der Waals surface area contributed by atoms with Gasteiger partial charge in [0, 0.05) is 12.6 Å². The van der Waals surface area contributed by atoms with E-state index in [4.69, 9.17) is 0 Å². The van der Waals surface area contributed by atoms with E-state index in [0.717, 1.165) is 16.8 Å². The summed E-state index contributed by atoms with van der Waals surface area (Å²) in [7, 11) is 0. The molecule has 0 saturated carbocycles. The lowest BCUT2D eigenvalue weighted by Crippen LogP contribution is -2.27. The fourth-order valence-electron chi connectivity index (χ4n) is 2.91. The standard InChI is InChI=1S/C21H23N5O2/c1-13-8-10-19(11-9-13)26-15(3)20(24-25-26)21(28)22-14(2)17-6-5-7-18(12-17)23-16(4)27/h5-12,14H,1-4H3,(H,22,28)(H,23,27)/t14-/m0/s1. The number of carbonyl (C=O) groups excluding carboxylic acids is 2. The van der Waals surface area contributed by atoms with E-state index in [0.29, 0.717) is 11.4 Å². The number of aryl methyl sites for hydroxylation is 1. The number of hydrogen-bond donors (Lipinski definition) is 2. The van der Waals surface area contributed by atoms with Crippen LogP contribution in [0, 0.1) is 13.8 Å². The van der Waals surface area contributed by atoms with Crippen LogP contribution in [-0.4, -0.2) is 26.8 Å². The monoisotopic (exact) mass is 377 g/mol. The molecule has 1 atom stereocenters. The van der Waals surface area contributed by atoms with E-state index < -0.39 is 0 Å². The molecule has 0 fully saturated rings. The second-order valence-corrected chi connectivity index (χ2v) is 6.77. The molecular formula is C21H23N5O2. The Balaban J connectivity index is 1.76. The van der Waals surface area contributed by atoms with Gasteiger partial charge in [-0.15, -0.1) is 5.10 Å². The highest BCUT2D eigenvalue weighted by Gasteiger charge is 2.19. The average Bonchev–Trinajstić information content (AvgIpc) is 3.03. The third-order valence-electron chi connectivity index (χ3n) is 4.44. The fraction of sp³-hybridized carbons (Fsp3) is 0.238. The molecule has 1 heterocycles. The maximum atomic E-state index is 12.7. The number of aromatic nitrogens is 3. The van der Waals surface area contributed by atoms with E-state index in [1.54, 1.807) is 10.7 Å². The van der Waals surface area contributed by atoms with E-state index in [1.165, 1.54) is 6.92 Å². The number of nitrogens with zero attached hydrogens (tertiary/aromatic N) is 3. The molecule has 3 rings (SSSR count). The number of rotatable bonds is 5. The van der Waals surface area contributed by atoms with Gasteiger partial charge in [0.2, 0.25) is 5.91 Å². The van der Waals surface area contributed by atoms with Crippen molar-refractivity contribution in [2.24, 2.45) is 0 Å². The molecule has 0 radical (unpaired) electrons. The molecule has 0 bridgehead atoms. The smallest absolute Gasteiger partial charge is 0.274 e. The SMILES string of the molecule is CC(=O)Nc1cccc([C@H](C)NC(=O)c2nnn(-c3ccc(C)cc3)c2C)c1. The number of benzene rings is 2. The van der Waals surface area contributed by atoms with E-state index in [9.17, 15) is 9.59 Å². The Labute approximate surface area is 163 Å². The predicted octanol–water partition coefficient (Wildman–Crippen LogP) is 3.33. The van der Waals surface area contributed by atoms with Gasteiger partial charge in [0.1, 0.15) is 0 Å². The molecule has 1 aromatic heterocycles. The normalized spacial score (nSPS) is 11.7. The van der Waals surface area contributed by atoms with Crippen LogP contribution in [-0.2, 0) is 4.79 Å². The summed E-state index contributed by atoms with van der Waals surface area (Å²) in [5, 5.41) is 13.9. The van der Waals surface area contributed by atoms with E-state index in [2.05, 4.69) is 20.9 Å². The lowest BCUT2D eigenvalue weighted by atomic mass is 10.1. The van der Waals surface area contributed by atoms with E-state index >= 15 is 0 Å². The first-order chi connectivity index (χ1) is 13.3. The molecule has 7 nitrogen and oxygen atoms in total. The van der Waals surface area contributed by atoms with Crippen molar-refractivity contribution in [2.45, 2.75) is 33.7 Å². The van der Waals surface area contributed by atoms with Crippen molar-refractivity contribution in [1.29, 1.82) is 0 Å². The molecule has 7 heteroatoms. The Morgan fingerprint density at radius 1 is 1.07 bits per heavy atom. The third kappa shape index (κ3) is 4.25. The first-order valence-electron chi connectivity index (χ1n) is 9.03. The molecular weight excluding hydrogens is 354 g/mol. The Bertz CT molecular complexity index is 1010. The van der Waals surface area contributed by atoms with E-state index in [1.807, 2.05) is 63.2 Å². The van der Waals surface area contributed by atoms with E-state index in [-0.39, 0.29) is 23.6 Å². The fourth-order valence-corrected chi connectivity index (χ4v) is 2.91. The first-order valence-corrected chi connectivity index (χ1v) is 9.03. The molecule has 2 aromatic carbocycles. The van der Waals surface area contributed by atoms with Gasteiger partial charge in [-0.05, 0) is 50.6 Å². The van der Waals surface area contributed by atoms with Gasteiger partial charge in [-0.25, -0.2) is 4.68 Å². The summed E-state index contributed by atoms with van der Waals surface area (Å²) >= 11 is 0. The van der Waals surface area contributed by atoms with Gasteiger partial charge in [0.05, 0.1) is 17.4 Å². The van der Waals surface area contributed by atoms with Crippen molar-refractivity contribution in [1.82, 2.24) is 20.3 Å². The van der Waals surface area contributed by atoms with Crippen molar-refractivity contribution in [3.63, 3.8) is 0 Å². The summed E-state index contributed by atoms with van der Waals surface area (Å²) < 4.78 is 1.65. The lowest BCUT2D eigenvalue weighted by molar-refractivity contribution is -0.114. The summed E-state index contributed by atoms with van der Waals surface area (Å²) in [4.78, 5) is 23.9. The first kappa shape index (κ1) is 19.3. The number of anilines is 1. The van der Waals surface area contributed by atoms with Gasteiger partial charge >= 0.3 is 0 Å². The second kappa shape index (κ2) is 8.04. The van der Waals surface area contributed by atoms with Crippen molar-refractivity contribution >= 4 is 17.5 Å². The van der Waals surface area contributed by atoms with Gasteiger partial charge in [0.25, 0.3) is 5.91 Å². The largest absolute Gasteiger partial charge is 0.344 e. The average molecular weight is 377 g/mol. The Morgan fingerprint density at radius 2 is 1.79 bits per heavy atom. The van der Waals surface area contributed by atoms with Crippen LogP contribution in [0.3, 0.4) is 0 Å². The number of nitrogens with one attached hydrogen (secondary N) is 2. The molecule has 3 aromatic rings. The quantitative estimate of drug-likeness (QED) is 0.714. The van der Waals surface area contributed by atoms with Crippen molar-refractivity contribution < 1.29 is 9.59 Å². The van der Waals surface area contributed by atoms with Gasteiger partial charge in [0.15, 0.2) is 5.69 Å². The summed E-state index contributed by atoms with van der Waals surface area (Å²) in [5.41, 5.74) is 4.52. The highest BCUT2D eigenvalue weighted by atomic mass is 16.2. The van der Waals surface area contributed by atoms with Crippen LogP contribution in [0.25, 0.3) is 5.69 Å².